The molecule has 0 aromatic heterocycles. The lowest BCUT2D eigenvalue weighted by atomic mass is 9.97. The second-order valence-corrected chi connectivity index (χ2v) is 10.0. The van der Waals surface area contributed by atoms with Gasteiger partial charge in [0, 0.05) is 31.1 Å². The minimum absolute atomic E-state index is 0.492. The first-order valence-electron chi connectivity index (χ1n) is 10.9. The maximum Gasteiger partial charge on any atom is 0.172 e. The molecule has 0 unspecified atom stereocenters. The van der Waals surface area contributed by atoms with E-state index in [1.165, 1.54) is 50.9 Å². The first kappa shape index (κ1) is 20.0. The van der Waals surface area contributed by atoms with E-state index in [1.807, 2.05) is 0 Å². The summed E-state index contributed by atoms with van der Waals surface area (Å²) >= 11 is 6.00. The van der Waals surface area contributed by atoms with E-state index in [4.69, 9.17) is 17.0 Å². The smallest absolute Gasteiger partial charge is 0.172 e. The van der Waals surface area contributed by atoms with Gasteiger partial charge in [-0.1, -0.05) is 26.0 Å². The van der Waals surface area contributed by atoms with Crippen molar-refractivity contribution in [2.75, 3.05) is 39.8 Å². The van der Waals surface area contributed by atoms with Crippen LogP contribution in [0.15, 0.2) is 24.3 Å². The zero-order chi connectivity index (χ0) is 19.7. The number of piperidine rings is 1. The molecular weight excluding hydrogens is 366 g/mol. The van der Waals surface area contributed by atoms with Crippen LogP contribution < -0.4 is 4.74 Å². The van der Waals surface area contributed by atoms with Crippen molar-refractivity contribution in [2.24, 2.45) is 11.3 Å². The van der Waals surface area contributed by atoms with Gasteiger partial charge in [-0.05, 0) is 81.7 Å². The van der Waals surface area contributed by atoms with Gasteiger partial charge >= 0.3 is 0 Å². The van der Waals surface area contributed by atoms with Crippen LogP contribution in [0, 0.1) is 11.3 Å². The zero-order valence-electron chi connectivity index (χ0n) is 17.7. The van der Waals surface area contributed by atoms with Crippen LogP contribution in [0.3, 0.4) is 0 Å². The predicted octanol–water partition coefficient (Wildman–Crippen LogP) is 4.00. The Bertz CT molecular complexity index is 678. The molecule has 1 aromatic carbocycles. The molecule has 1 spiro atoms. The summed E-state index contributed by atoms with van der Waals surface area (Å²) < 4.78 is 5.83. The van der Waals surface area contributed by atoms with Crippen molar-refractivity contribution in [3.05, 3.63) is 29.8 Å². The summed E-state index contributed by atoms with van der Waals surface area (Å²) in [6.45, 7) is 10.7. The van der Waals surface area contributed by atoms with Crippen LogP contribution >= 0.6 is 12.2 Å². The maximum atomic E-state index is 6.00. The van der Waals surface area contributed by atoms with Gasteiger partial charge < -0.3 is 19.4 Å². The number of thiocarbonyl (C=S) groups is 1. The highest BCUT2D eigenvalue weighted by Crippen LogP contribution is 2.50. The molecule has 4 nitrogen and oxygen atoms in total. The Kier molecular flexibility index (Phi) is 5.84. The molecule has 2 saturated heterocycles. The molecule has 2 heterocycles. The van der Waals surface area contributed by atoms with E-state index in [1.54, 1.807) is 0 Å². The van der Waals surface area contributed by atoms with Gasteiger partial charge in [0.15, 0.2) is 5.11 Å². The van der Waals surface area contributed by atoms with E-state index in [9.17, 15) is 0 Å². The minimum Gasteiger partial charge on any atom is -0.493 e. The maximum absolute atomic E-state index is 6.00. The number of hydrogen-bond acceptors (Lipinski definition) is 3. The van der Waals surface area contributed by atoms with Gasteiger partial charge in [-0.2, -0.15) is 0 Å². The van der Waals surface area contributed by atoms with E-state index in [2.05, 4.69) is 59.9 Å². The Hall–Kier alpha value is -1.33. The summed E-state index contributed by atoms with van der Waals surface area (Å²) in [5.74, 6) is 1.51. The SMILES string of the molecule is CC(C)COc1ccc(CN2CC3(CC3)CN(C3CCN(C)CC3)C2=S)cc1. The fourth-order valence-corrected chi connectivity index (χ4v) is 4.86. The molecule has 4 rings (SSSR count). The number of rotatable bonds is 6. The van der Waals surface area contributed by atoms with Crippen molar-refractivity contribution in [3.63, 3.8) is 0 Å². The van der Waals surface area contributed by atoms with Gasteiger partial charge in [0.05, 0.1) is 6.61 Å². The third-order valence-corrected chi connectivity index (χ3v) is 7.01. The summed E-state index contributed by atoms with van der Waals surface area (Å²) in [5.41, 5.74) is 1.81. The summed E-state index contributed by atoms with van der Waals surface area (Å²) in [4.78, 5) is 7.49. The van der Waals surface area contributed by atoms with Crippen molar-refractivity contribution in [1.29, 1.82) is 0 Å². The van der Waals surface area contributed by atoms with Crippen molar-refractivity contribution >= 4 is 17.3 Å². The van der Waals surface area contributed by atoms with Crippen molar-refractivity contribution < 1.29 is 4.74 Å². The van der Waals surface area contributed by atoms with Crippen LogP contribution in [0.25, 0.3) is 0 Å². The lowest BCUT2D eigenvalue weighted by Crippen LogP contribution is -2.58. The number of ether oxygens (including phenoxy) is 1. The van der Waals surface area contributed by atoms with Gasteiger partial charge in [-0.3, -0.25) is 0 Å². The molecule has 28 heavy (non-hydrogen) atoms. The molecule has 1 aromatic rings. The lowest BCUT2D eigenvalue weighted by molar-refractivity contribution is 0.109. The number of nitrogens with zero attached hydrogens (tertiary/aromatic N) is 3. The zero-order valence-corrected chi connectivity index (χ0v) is 18.5. The monoisotopic (exact) mass is 401 g/mol. The van der Waals surface area contributed by atoms with Crippen LogP contribution in [0.4, 0.5) is 0 Å². The van der Waals surface area contributed by atoms with E-state index in [-0.39, 0.29) is 0 Å². The highest BCUT2D eigenvalue weighted by atomic mass is 32.1. The molecule has 1 saturated carbocycles. The van der Waals surface area contributed by atoms with Gasteiger partial charge in [-0.15, -0.1) is 0 Å². The van der Waals surface area contributed by atoms with Crippen LogP contribution in [0.5, 0.6) is 5.75 Å². The topological polar surface area (TPSA) is 19.0 Å². The average Bonchev–Trinajstić information content (AvgIpc) is 3.43. The molecule has 1 aliphatic carbocycles. The minimum atomic E-state index is 0.492. The second-order valence-electron chi connectivity index (χ2n) is 9.65. The van der Waals surface area contributed by atoms with Gasteiger partial charge in [0.1, 0.15) is 5.75 Å². The Balaban J connectivity index is 1.41. The molecule has 0 bridgehead atoms. The van der Waals surface area contributed by atoms with Crippen molar-refractivity contribution in [3.8, 4) is 5.75 Å². The Labute approximate surface area is 175 Å². The van der Waals surface area contributed by atoms with E-state index in [0.717, 1.165) is 30.6 Å². The van der Waals surface area contributed by atoms with Gasteiger partial charge in [-0.25, -0.2) is 0 Å². The van der Waals surface area contributed by atoms with Crippen LogP contribution in [0.2, 0.25) is 0 Å². The van der Waals surface area contributed by atoms with E-state index >= 15 is 0 Å². The first-order valence-corrected chi connectivity index (χ1v) is 11.3. The molecular formula is C23H35N3OS. The summed E-state index contributed by atoms with van der Waals surface area (Å²) in [6.07, 6.45) is 5.19. The van der Waals surface area contributed by atoms with E-state index in [0.29, 0.717) is 17.4 Å². The molecule has 2 aliphatic heterocycles. The molecule has 0 amide bonds. The van der Waals surface area contributed by atoms with Crippen molar-refractivity contribution in [1.82, 2.24) is 14.7 Å². The van der Waals surface area contributed by atoms with Gasteiger partial charge in [0.2, 0.25) is 0 Å². The van der Waals surface area contributed by atoms with Crippen LogP contribution in [-0.4, -0.2) is 65.7 Å². The molecule has 0 atom stereocenters. The summed E-state index contributed by atoms with van der Waals surface area (Å²) in [7, 11) is 2.23. The van der Waals surface area contributed by atoms with Crippen LogP contribution in [0.1, 0.15) is 45.1 Å². The Morgan fingerprint density at radius 3 is 2.39 bits per heavy atom. The fraction of sp³-hybridized carbons (Fsp3) is 0.696. The molecule has 5 heteroatoms. The summed E-state index contributed by atoms with van der Waals surface area (Å²) in [5, 5.41) is 1.08. The standard InChI is InChI=1S/C23H35N3OS/c1-18(2)15-27-21-6-4-19(5-7-21)14-25-16-23(10-11-23)17-26(22(25)28)20-8-12-24(3)13-9-20/h4-7,18,20H,8-17H2,1-3H3. The van der Waals surface area contributed by atoms with Crippen LogP contribution in [-0.2, 0) is 6.54 Å². The average molecular weight is 402 g/mol. The first-order chi connectivity index (χ1) is 13.4. The summed E-state index contributed by atoms with van der Waals surface area (Å²) in [6, 6.07) is 9.23. The highest BCUT2D eigenvalue weighted by Gasteiger charge is 2.50. The second kappa shape index (κ2) is 8.19. The van der Waals surface area contributed by atoms with Crippen molar-refractivity contribution in [2.45, 2.75) is 52.1 Å². The quantitative estimate of drug-likeness (QED) is 0.669. The molecule has 3 aliphatic rings. The predicted molar refractivity (Wildman–Crippen MR) is 119 cm³/mol. The molecule has 0 radical (unpaired) electrons. The number of hydrogen-bond donors (Lipinski definition) is 0. The Morgan fingerprint density at radius 2 is 1.79 bits per heavy atom. The highest BCUT2D eigenvalue weighted by molar-refractivity contribution is 7.80. The normalized spacial score (nSPS) is 22.9. The molecule has 3 fully saturated rings. The lowest BCUT2D eigenvalue weighted by Gasteiger charge is -2.48. The fourth-order valence-electron chi connectivity index (χ4n) is 4.52. The molecule has 154 valence electrons. The third-order valence-electron chi connectivity index (χ3n) is 6.51. The largest absolute Gasteiger partial charge is 0.493 e. The third kappa shape index (κ3) is 4.62. The molecule has 0 N–H and O–H groups in total. The van der Waals surface area contributed by atoms with E-state index < -0.39 is 0 Å². The number of benzene rings is 1. The number of likely N-dealkylation sites (tertiary alicyclic amines) is 1. The van der Waals surface area contributed by atoms with Gasteiger partial charge in [0.25, 0.3) is 0 Å². The Morgan fingerprint density at radius 1 is 1.11 bits per heavy atom.